The van der Waals surface area contributed by atoms with Gasteiger partial charge in [-0.25, -0.2) is 4.98 Å². The number of methoxy groups -OCH3 is 2. The van der Waals surface area contributed by atoms with Crippen LogP contribution in [-0.4, -0.2) is 54.1 Å². The predicted octanol–water partition coefficient (Wildman–Crippen LogP) is 2.67. The molecule has 0 N–H and O–H groups in total. The molecule has 0 radical (unpaired) electrons. The molecule has 1 aliphatic rings. The molecule has 0 spiro atoms. The highest BCUT2D eigenvalue weighted by Crippen LogP contribution is 2.36. The summed E-state index contributed by atoms with van der Waals surface area (Å²) in [6.07, 6.45) is 1.37. The van der Waals surface area contributed by atoms with E-state index >= 15 is 0 Å². The average Bonchev–Trinajstić information content (AvgIpc) is 2.63. The number of halogens is 1. The molecule has 1 amide bonds. The van der Waals surface area contributed by atoms with Gasteiger partial charge in [0.05, 0.1) is 42.8 Å². The first kappa shape index (κ1) is 18.9. The molecule has 9 nitrogen and oxygen atoms in total. The number of carbonyl (C=O) groups excluding carboxylic acids is 1. The minimum absolute atomic E-state index is 0.0601. The Morgan fingerprint density at radius 2 is 1.96 bits per heavy atom. The van der Waals surface area contributed by atoms with E-state index < -0.39 is 10.8 Å². The number of hydrogen-bond donors (Lipinski definition) is 0. The van der Waals surface area contributed by atoms with Crippen LogP contribution in [0, 0.1) is 10.1 Å². The van der Waals surface area contributed by atoms with Crippen LogP contribution < -0.4 is 14.2 Å². The van der Waals surface area contributed by atoms with Crippen molar-refractivity contribution in [2.24, 2.45) is 0 Å². The molecule has 2 aromatic rings. The first-order chi connectivity index (χ1) is 12.9. The normalized spacial score (nSPS) is 13.7. The Bertz CT molecular complexity index is 885. The topological polar surface area (TPSA) is 104 Å². The summed E-state index contributed by atoms with van der Waals surface area (Å²) in [7, 11) is 2.77. The summed E-state index contributed by atoms with van der Waals surface area (Å²) in [6, 6.07) is 6.08. The molecule has 2 heterocycles. The third kappa shape index (κ3) is 3.80. The van der Waals surface area contributed by atoms with Crippen LogP contribution in [0.15, 0.2) is 34.9 Å². The van der Waals surface area contributed by atoms with Gasteiger partial charge in [-0.15, -0.1) is 0 Å². The molecule has 0 aliphatic carbocycles. The zero-order valence-electron chi connectivity index (χ0n) is 14.5. The number of nitrogens with zero attached hydrogens (tertiary/aromatic N) is 3. The lowest BCUT2D eigenvalue weighted by Gasteiger charge is -2.38. The number of carbonyl (C=O) groups is 1. The van der Waals surface area contributed by atoms with Gasteiger partial charge in [0.2, 0.25) is 5.88 Å². The van der Waals surface area contributed by atoms with Crippen molar-refractivity contribution in [3.05, 3.63) is 50.6 Å². The fourth-order valence-electron chi connectivity index (χ4n) is 2.66. The lowest BCUT2D eigenvalue weighted by molar-refractivity contribution is -0.385. The summed E-state index contributed by atoms with van der Waals surface area (Å²) in [5.74, 6) is 0.400. The van der Waals surface area contributed by atoms with E-state index in [2.05, 4.69) is 20.9 Å². The molecule has 3 rings (SSSR count). The summed E-state index contributed by atoms with van der Waals surface area (Å²) in [6.45, 7) is 0.598. The van der Waals surface area contributed by atoms with Crippen molar-refractivity contribution in [3.8, 4) is 17.4 Å². The maximum atomic E-state index is 12.7. The van der Waals surface area contributed by atoms with Crippen LogP contribution >= 0.6 is 15.9 Å². The third-order valence-electron chi connectivity index (χ3n) is 4.07. The number of aromatic nitrogens is 1. The fraction of sp³-hybridized carbons (Fsp3) is 0.294. The Labute approximate surface area is 163 Å². The van der Waals surface area contributed by atoms with Gasteiger partial charge in [-0.2, -0.15) is 0 Å². The Morgan fingerprint density at radius 3 is 2.56 bits per heavy atom. The first-order valence-corrected chi connectivity index (χ1v) is 8.70. The van der Waals surface area contributed by atoms with Crippen LogP contribution in [0.25, 0.3) is 0 Å². The van der Waals surface area contributed by atoms with E-state index in [1.54, 1.807) is 18.3 Å². The molecule has 1 fully saturated rings. The van der Waals surface area contributed by atoms with Crippen LogP contribution in [0.2, 0.25) is 0 Å². The monoisotopic (exact) mass is 437 g/mol. The van der Waals surface area contributed by atoms with Gasteiger partial charge in [0.1, 0.15) is 11.7 Å². The number of benzene rings is 1. The first-order valence-electron chi connectivity index (χ1n) is 7.91. The molecule has 10 heteroatoms. The van der Waals surface area contributed by atoms with Gasteiger partial charge in [-0.1, -0.05) is 0 Å². The number of amides is 1. The standard InChI is InChI=1S/C17H16BrN3O6/c1-25-14-6-11(13(21(23)24)7-15(14)26-2)17(22)20-8-10(9-20)27-16-12(18)4-3-5-19-16/h3-7,10H,8-9H2,1-2H3. The Kier molecular flexibility index (Phi) is 5.45. The molecule has 142 valence electrons. The van der Waals surface area contributed by atoms with E-state index in [-0.39, 0.29) is 28.9 Å². The highest BCUT2D eigenvalue weighted by Gasteiger charge is 2.36. The summed E-state index contributed by atoms with van der Waals surface area (Å²) in [5, 5.41) is 11.4. The van der Waals surface area contributed by atoms with Crippen LogP contribution in [0.1, 0.15) is 10.4 Å². The van der Waals surface area contributed by atoms with Crippen molar-refractivity contribution >= 4 is 27.5 Å². The zero-order valence-corrected chi connectivity index (χ0v) is 16.1. The minimum atomic E-state index is -0.617. The molecule has 27 heavy (non-hydrogen) atoms. The van der Waals surface area contributed by atoms with Gasteiger partial charge in [0.25, 0.3) is 11.6 Å². The lowest BCUT2D eigenvalue weighted by Crippen LogP contribution is -2.56. The van der Waals surface area contributed by atoms with E-state index in [1.165, 1.54) is 31.3 Å². The van der Waals surface area contributed by atoms with Crippen molar-refractivity contribution in [1.82, 2.24) is 9.88 Å². The van der Waals surface area contributed by atoms with Crippen LogP contribution in [0.4, 0.5) is 5.69 Å². The van der Waals surface area contributed by atoms with Gasteiger partial charge in [0.15, 0.2) is 11.5 Å². The zero-order chi connectivity index (χ0) is 19.6. The minimum Gasteiger partial charge on any atom is -0.493 e. The van der Waals surface area contributed by atoms with Crippen molar-refractivity contribution in [3.63, 3.8) is 0 Å². The number of nitro benzene ring substituents is 1. The number of nitro groups is 1. The number of pyridine rings is 1. The highest BCUT2D eigenvalue weighted by atomic mass is 79.9. The summed E-state index contributed by atoms with van der Waals surface area (Å²) >= 11 is 3.34. The van der Waals surface area contributed by atoms with Gasteiger partial charge in [0, 0.05) is 12.3 Å². The SMILES string of the molecule is COc1cc(C(=O)N2CC(Oc3ncccc3Br)C2)c([N+](=O)[O-])cc1OC. The van der Waals surface area contributed by atoms with Crippen LogP contribution in [-0.2, 0) is 0 Å². The second-order valence-corrected chi connectivity index (χ2v) is 6.58. The smallest absolute Gasteiger partial charge is 0.286 e. The fourth-order valence-corrected chi connectivity index (χ4v) is 3.00. The number of rotatable bonds is 6. The number of hydrogen-bond acceptors (Lipinski definition) is 7. The second kappa shape index (κ2) is 7.78. The lowest BCUT2D eigenvalue weighted by atomic mass is 10.1. The second-order valence-electron chi connectivity index (χ2n) is 5.72. The van der Waals surface area contributed by atoms with E-state index in [4.69, 9.17) is 14.2 Å². The van der Waals surface area contributed by atoms with Crippen LogP contribution in [0.5, 0.6) is 17.4 Å². The van der Waals surface area contributed by atoms with E-state index in [0.717, 1.165) is 0 Å². The van der Waals surface area contributed by atoms with Crippen molar-refractivity contribution < 1.29 is 23.9 Å². The van der Waals surface area contributed by atoms with E-state index in [1.807, 2.05) is 0 Å². The molecule has 0 atom stereocenters. The third-order valence-corrected chi connectivity index (χ3v) is 4.67. The predicted molar refractivity (Wildman–Crippen MR) is 98.5 cm³/mol. The molecule has 1 aromatic carbocycles. The molecule has 0 unspecified atom stereocenters. The van der Waals surface area contributed by atoms with Crippen LogP contribution in [0.3, 0.4) is 0 Å². The summed E-state index contributed by atoms with van der Waals surface area (Å²) < 4.78 is 16.7. The van der Waals surface area contributed by atoms with Gasteiger partial charge >= 0.3 is 0 Å². The summed E-state index contributed by atoms with van der Waals surface area (Å²) in [4.78, 5) is 29.1. The number of likely N-dealkylation sites (tertiary alicyclic amines) is 1. The molecule has 0 saturated carbocycles. The maximum Gasteiger partial charge on any atom is 0.286 e. The van der Waals surface area contributed by atoms with Crippen molar-refractivity contribution in [2.45, 2.75) is 6.10 Å². The summed E-state index contributed by atoms with van der Waals surface area (Å²) in [5.41, 5.74) is -0.399. The van der Waals surface area contributed by atoms with Gasteiger partial charge < -0.3 is 19.1 Å². The molecule has 1 aliphatic heterocycles. The Morgan fingerprint density at radius 1 is 1.30 bits per heavy atom. The maximum absolute atomic E-state index is 12.7. The van der Waals surface area contributed by atoms with Crippen molar-refractivity contribution in [1.29, 1.82) is 0 Å². The molecular formula is C17H16BrN3O6. The quantitative estimate of drug-likeness (QED) is 0.505. The van der Waals surface area contributed by atoms with E-state index in [0.29, 0.717) is 23.4 Å². The van der Waals surface area contributed by atoms with E-state index in [9.17, 15) is 14.9 Å². The van der Waals surface area contributed by atoms with Gasteiger partial charge in [-0.05, 0) is 28.1 Å². The largest absolute Gasteiger partial charge is 0.493 e. The molecular weight excluding hydrogens is 422 g/mol. The van der Waals surface area contributed by atoms with Gasteiger partial charge in [-0.3, -0.25) is 14.9 Å². The number of ether oxygens (including phenoxy) is 3. The average molecular weight is 438 g/mol. The Hall–Kier alpha value is -2.88. The van der Waals surface area contributed by atoms with Crippen molar-refractivity contribution in [2.75, 3.05) is 27.3 Å². The molecule has 0 bridgehead atoms. The molecule has 1 aromatic heterocycles. The highest BCUT2D eigenvalue weighted by molar-refractivity contribution is 9.10. The molecule has 1 saturated heterocycles. The Balaban J connectivity index is 1.75.